The van der Waals surface area contributed by atoms with Crippen molar-refractivity contribution in [3.63, 3.8) is 0 Å². The van der Waals surface area contributed by atoms with E-state index < -0.39 is 5.60 Å². The number of rotatable bonds is 6. The van der Waals surface area contributed by atoms with Gasteiger partial charge in [0.15, 0.2) is 0 Å². The average molecular weight is 478 g/mol. The molecule has 2 aliphatic carbocycles. The third-order valence-electron chi connectivity index (χ3n) is 9.12. The van der Waals surface area contributed by atoms with Crippen LogP contribution in [0.3, 0.4) is 0 Å². The Kier molecular flexibility index (Phi) is 5.35. The highest BCUT2D eigenvalue weighted by atomic mass is 16.6. The molecular formula is C27H35N5O3. The van der Waals surface area contributed by atoms with Crippen LogP contribution in [0.5, 0.6) is 0 Å². The van der Waals surface area contributed by atoms with E-state index in [0.717, 1.165) is 49.8 Å². The fraction of sp³-hybridized carbons (Fsp3) is 0.667. The minimum absolute atomic E-state index is 0.00298. The Morgan fingerprint density at radius 1 is 1.20 bits per heavy atom. The standard InChI is InChI=1S/C27H35N5O3/c1-26(2)15-27(12-9-19(26)25(34)35-27)17-5-7-18(8-6-17)30-23-22-21(11-14-29-24(22)33)32(31-23)20(10-13-28)16-3-4-16/h5-8,16,19-23,30-31H,3-4,9-12,14-15H2,1-2H3,(H,29,33)/t19?,20-,21?,22?,23?,27?/m0/s1. The summed E-state index contributed by atoms with van der Waals surface area (Å²) < 4.78 is 5.99. The van der Waals surface area contributed by atoms with Crippen molar-refractivity contribution in [2.24, 2.45) is 23.2 Å². The van der Waals surface area contributed by atoms with Crippen LogP contribution < -0.4 is 16.1 Å². The molecule has 4 saturated heterocycles. The molecule has 7 rings (SSSR count). The van der Waals surface area contributed by atoms with Crippen LogP contribution in [-0.4, -0.2) is 41.7 Å². The third kappa shape index (κ3) is 3.80. The number of hydrazine groups is 1. The summed E-state index contributed by atoms with van der Waals surface area (Å²) in [6.45, 7) is 5.01. The van der Waals surface area contributed by atoms with Crippen LogP contribution in [0.15, 0.2) is 24.3 Å². The minimum atomic E-state index is -0.542. The van der Waals surface area contributed by atoms with Crippen molar-refractivity contribution in [1.29, 1.82) is 5.26 Å². The van der Waals surface area contributed by atoms with Gasteiger partial charge in [-0.2, -0.15) is 5.26 Å². The molecule has 8 heteroatoms. The van der Waals surface area contributed by atoms with E-state index in [4.69, 9.17) is 4.74 Å². The number of carbonyl (C=O) groups is 2. The maximum atomic E-state index is 12.9. The van der Waals surface area contributed by atoms with Crippen LogP contribution in [-0.2, 0) is 19.9 Å². The van der Waals surface area contributed by atoms with E-state index in [1.54, 1.807) is 0 Å². The van der Waals surface area contributed by atoms with Crippen molar-refractivity contribution in [2.45, 2.75) is 82.6 Å². The molecular weight excluding hydrogens is 442 g/mol. The molecule has 1 amide bonds. The Balaban J connectivity index is 1.22. The number of benzene rings is 1. The summed E-state index contributed by atoms with van der Waals surface area (Å²) >= 11 is 0. The summed E-state index contributed by atoms with van der Waals surface area (Å²) in [5.41, 5.74) is 4.93. The van der Waals surface area contributed by atoms with Crippen molar-refractivity contribution in [3.8, 4) is 6.07 Å². The van der Waals surface area contributed by atoms with Gasteiger partial charge in [-0.1, -0.05) is 26.0 Å². The number of amides is 1. The van der Waals surface area contributed by atoms with E-state index in [1.807, 2.05) is 12.1 Å². The Hall–Kier alpha value is -2.63. The number of nitrogens with one attached hydrogen (secondary N) is 3. The summed E-state index contributed by atoms with van der Waals surface area (Å²) in [4.78, 5) is 25.5. The topological polar surface area (TPSA) is 106 Å². The first-order chi connectivity index (χ1) is 16.8. The molecule has 8 nitrogen and oxygen atoms in total. The smallest absolute Gasteiger partial charge is 0.310 e. The number of piperidine rings is 1. The molecule has 4 heterocycles. The quantitative estimate of drug-likeness (QED) is 0.541. The van der Waals surface area contributed by atoms with Crippen LogP contribution in [0.4, 0.5) is 5.69 Å². The molecule has 6 atom stereocenters. The molecule has 6 aliphatic rings. The van der Waals surface area contributed by atoms with Crippen LogP contribution in [0.2, 0.25) is 0 Å². The molecule has 0 aromatic heterocycles. The number of esters is 1. The van der Waals surface area contributed by atoms with Crippen molar-refractivity contribution in [3.05, 3.63) is 29.8 Å². The number of nitrogens with zero attached hydrogens (tertiary/aromatic N) is 2. The molecule has 1 aromatic rings. The van der Waals surface area contributed by atoms with E-state index in [9.17, 15) is 14.9 Å². The first-order valence-electron chi connectivity index (χ1n) is 13.1. The van der Waals surface area contributed by atoms with Gasteiger partial charge in [0.1, 0.15) is 11.8 Å². The maximum Gasteiger partial charge on any atom is 0.310 e. The summed E-state index contributed by atoms with van der Waals surface area (Å²) in [6, 6.07) is 10.8. The highest BCUT2D eigenvalue weighted by Crippen LogP contribution is 2.56. The summed E-state index contributed by atoms with van der Waals surface area (Å²) in [5.74, 6) is 0.294. The first kappa shape index (κ1) is 22.8. The fourth-order valence-electron chi connectivity index (χ4n) is 7.23. The zero-order chi connectivity index (χ0) is 24.4. The summed E-state index contributed by atoms with van der Waals surface area (Å²) in [7, 11) is 0. The number of nitriles is 1. The summed E-state index contributed by atoms with van der Waals surface area (Å²) in [5, 5.41) is 18.2. The monoisotopic (exact) mass is 477 g/mol. The molecule has 186 valence electrons. The van der Waals surface area contributed by atoms with Crippen molar-refractivity contribution < 1.29 is 14.3 Å². The highest BCUT2D eigenvalue weighted by Gasteiger charge is 2.57. The van der Waals surface area contributed by atoms with Gasteiger partial charge in [-0.25, -0.2) is 10.4 Å². The lowest BCUT2D eigenvalue weighted by Gasteiger charge is -2.53. The number of hydrogen-bond donors (Lipinski definition) is 3. The first-order valence-corrected chi connectivity index (χ1v) is 13.1. The van der Waals surface area contributed by atoms with E-state index in [2.05, 4.69) is 53.1 Å². The zero-order valence-corrected chi connectivity index (χ0v) is 20.5. The van der Waals surface area contributed by atoms with Gasteiger partial charge < -0.3 is 15.4 Å². The molecule has 35 heavy (non-hydrogen) atoms. The lowest BCUT2D eigenvalue weighted by Crippen LogP contribution is -2.54. The second-order valence-corrected chi connectivity index (χ2v) is 11.8. The molecule has 0 spiro atoms. The molecule has 4 aliphatic heterocycles. The molecule has 1 aromatic carbocycles. The SMILES string of the molecule is CC1(C)CC2(c3ccc(NC4NN([C@@H](CC#N)C5CC5)C5CCNC(=O)C45)cc3)CCC1C(=O)O2. The van der Waals surface area contributed by atoms with E-state index in [0.29, 0.717) is 18.9 Å². The number of ether oxygens (including phenoxy) is 1. The molecule has 3 N–H and O–H groups in total. The Morgan fingerprint density at radius 3 is 2.63 bits per heavy atom. The van der Waals surface area contributed by atoms with E-state index in [-0.39, 0.29) is 47.4 Å². The number of fused-ring (bicyclic) bond motifs is 4. The highest BCUT2D eigenvalue weighted by molar-refractivity contribution is 5.82. The van der Waals surface area contributed by atoms with Gasteiger partial charge in [0.2, 0.25) is 5.91 Å². The third-order valence-corrected chi connectivity index (χ3v) is 9.12. The van der Waals surface area contributed by atoms with Crippen LogP contribution >= 0.6 is 0 Å². The van der Waals surface area contributed by atoms with Crippen molar-refractivity contribution >= 4 is 17.6 Å². The minimum Gasteiger partial charge on any atom is -0.454 e. The molecule has 2 saturated carbocycles. The predicted octanol–water partition coefficient (Wildman–Crippen LogP) is 3.02. The predicted molar refractivity (Wildman–Crippen MR) is 129 cm³/mol. The average Bonchev–Trinajstić information content (AvgIpc) is 3.59. The van der Waals surface area contributed by atoms with Gasteiger partial charge in [-0.05, 0) is 67.6 Å². The largest absolute Gasteiger partial charge is 0.454 e. The second kappa shape index (κ2) is 8.21. The van der Waals surface area contributed by atoms with Crippen LogP contribution in [0, 0.1) is 34.5 Å². The van der Waals surface area contributed by atoms with E-state index >= 15 is 0 Å². The number of hydrogen-bond acceptors (Lipinski definition) is 7. The van der Waals surface area contributed by atoms with Gasteiger partial charge in [0, 0.05) is 24.3 Å². The van der Waals surface area contributed by atoms with Gasteiger partial charge in [0.25, 0.3) is 0 Å². The molecule has 6 fully saturated rings. The maximum absolute atomic E-state index is 12.9. The Bertz CT molecular complexity index is 1060. The lowest BCUT2D eigenvalue weighted by molar-refractivity contribution is -0.209. The van der Waals surface area contributed by atoms with Crippen molar-refractivity contribution in [1.82, 2.24) is 15.8 Å². The summed E-state index contributed by atoms with van der Waals surface area (Å²) in [6.07, 6.45) is 5.98. The molecule has 0 radical (unpaired) electrons. The van der Waals surface area contributed by atoms with Gasteiger partial charge in [-0.3, -0.25) is 9.59 Å². The normalized spacial score (nSPS) is 36.6. The molecule has 2 bridgehead atoms. The zero-order valence-electron chi connectivity index (χ0n) is 20.5. The van der Waals surface area contributed by atoms with Gasteiger partial charge in [-0.15, -0.1) is 0 Å². The van der Waals surface area contributed by atoms with E-state index in [1.165, 1.54) is 0 Å². The van der Waals surface area contributed by atoms with Crippen LogP contribution in [0.1, 0.15) is 64.4 Å². The second-order valence-electron chi connectivity index (χ2n) is 11.8. The van der Waals surface area contributed by atoms with Crippen LogP contribution in [0.25, 0.3) is 0 Å². The van der Waals surface area contributed by atoms with Gasteiger partial charge >= 0.3 is 5.97 Å². The Morgan fingerprint density at radius 2 is 1.97 bits per heavy atom. The number of anilines is 1. The fourth-order valence-corrected chi connectivity index (χ4v) is 7.23. The van der Waals surface area contributed by atoms with Gasteiger partial charge in [0.05, 0.1) is 24.3 Å². The van der Waals surface area contributed by atoms with Crippen molar-refractivity contribution in [2.75, 3.05) is 11.9 Å². The number of carbonyl (C=O) groups excluding carboxylic acids is 2. The Labute approximate surface area is 206 Å². The lowest BCUT2D eigenvalue weighted by atomic mass is 9.59. The molecule has 5 unspecified atom stereocenters.